The number of hydrogen-bond donors (Lipinski definition) is 2. The van der Waals surface area contributed by atoms with Gasteiger partial charge in [0.25, 0.3) is 5.91 Å². The molecule has 0 saturated carbocycles. The minimum Gasteiger partial charge on any atom is -0.378 e. The minimum atomic E-state index is -0.138. The van der Waals surface area contributed by atoms with E-state index in [0.29, 0.717) is 5.56 Å². The van der Waals surface area contributed by atoms with E-state index in [-0.39, 0.29) is 5.91 Å². The van der Waals surface area contributed by atoms with Crippen molar-refractivity contribution in [3.05, 3.63) is 72.3 Å². The number of benzene rings is 3. The van der Waals surface area contributed by atoms with Crippen LogP contribution in [0, 0.1) is 0 Å². The van der Waals surface area contributed by atoms with E-state index >= 15 is 0 Å². The Hall–Kier alpha value is -3.88. The molecule has 2 saturated heterocycles. The molecule has 8 nitrogen and oxygen atoms in total. The third-order valence-electron chi connectivity index (χ3n) is 6.76. The van der Waals surface area contributed by atoms with E-state index in [0.717, 1.165) is 86.4 Å². The van der Waals surface area contributed by atoms with Crippen LogP contribution in [-0.2, 0) is 9.47 Å². The molecule has 3 heterocycles. The van der Waals surface area contributed by atoms with E-state index in [4.69, 9.17) is 14.5 Å². The van der Waals surface area contributed by atoms with Crippen molar-refractivity contribution in [2.45, 2.75) is 13.8 Å². The quantitative estimate of drug-likeness (QED) is 0.383. The van der Waals surface area contributed by atoms with E-state index in [1.54, 1.807) is 0 Å². The molecule has 0 spiro atoms. The van der Waals surface area contributed by atoms with Crippen LogP contribution in [0.25, 0.3) is 22.4 Å². The Kier molecular flexibility index (Phi) is 8.21. The van der Waals surface area contributed by atoms with E-state index in [9.17, 15) is 4.79 Å². The molecule has 4 aromatic rings. The molecule has 2 fully saturated rings. The summed E-state index contributed by atoms with van der Waals surface area (Å²) in [7, 11) is 0. The van der Waals surface area contributed by atoms with Crippen LogP contribution in [0.1, 0.15) is 24.2 Å². The summed E-state index contributed by atoms with van der Waals surface area (Å²) in [5.41, 5.74) is 6.41. The molecule has 2 aliphatic rings. The average Bonchev–Trinajstić information content (AvgIpc) is 3.43. The zero-order valence-corrected chi connectivity index (χ0v) is 22.1. The number of fused-ring (bicyclic) bond motifs is 1. The van der Waals surface area contributed by atoms with Gasteiger partial charge in [0.2, 0.25) is 0 Å². The summed E-state index contributed by atoms with van der Waals surface area (Å²) in [5, 5.41) is 3.01. The summed E-state index contributed by atoms with van der Waals surface area (Å²) in [6.07, 6.45) is 0. The standard InChI is InChI=1S/C28H29N5O3.C2H6/c34-28(21-3-8-24(9-4-21)33-13-17-36-18-14-33)29-22-5-10-25-26(19-22)31-27(30-25)20-1-6-23(7-2-20)32-11-15-35-16-12-32;1-2/h1-10,19H,11-18H2,(H,29,34)(H,30,31);1-2H3. The molecule has 0 unspecified atom stereocenters. The van der Waals surface area contributed by atoms with Gasteiger partial charge in [0, 0.05) is 54.4 Å². The van der Waals surface area contributed by atoms with Crippen LogP contribution >= 0.6 is 0 Å². The summed E-state index contributed by atoms with van der Waals surface area (Å²) in [4.78, 5) is 25.6. The average molecular weight is 514 g/mol. The lowest BCUT2D eigenvalue weighted by Gasteiger charge is -2.28. The lowest BCUT2D eigenvalue weighted by molar-refractivity contribution is 0.102. The molecule has 0 atom stereocenters. The normalized spacial score (nSPS) is 15.6. The van der Waals surface area contributed by atoms with E-state index in [1.165, 1.54) is 5.69 Å². The second kappa shape index (κ2) is 12.1. The first kappa shape index (κ1) is 25.8. The molecule has 2 N–H and O–H groups in total. The predicted molar refractivity (Wildman–Crippen MR) is 153 cm³/mol. The molecule has 3 aromatic carbocycles. The maximum atomic E-state index is 12.8. The predicted octanol–water partition coefficient (Wildman–Crippen LogP) is 5.18. The van der Waals surface area contributed by atoms with Crippen molar-refractivity contribution < 1.29 is 14.3 Å². The molecule has 2 aliphatic heterocycles. The highest BCUT2D eigenvalue weighted by Crippen LogP contribution is 2.26. The van der Waals surface area contributed by atoms with E-state index in [1.807, 2.05) is 56.3 Å². The first-order valence-electron chi connectivity index (χ1n) is 13.4. The molecule has 0 radical (unpaired) electrons. The maximum Gasteiger partial charge on any atom is 0.255 e. The molecule has 0 aliphatic carbocycles. The first-order chi connectivity index (χ1) is 18.7. The molecule has 38 heavy (non-hydrogen) atoms. The van der Waals surface area contributed by atoms with Crippen molar-refractivity contribution in [1.82, 2.24) is 9.97 Å². The lowest BCUT2D eigenvalue weighted by atomic mass is 10.1. The van der Waals surface area contributed by atoms with Gasteiger partial charge < -0.3 is 29.6 Å². The second-order valence-electron chi connectivity index (χ2n) is 9.06. The number of hydrogen-bond acceptors (Lipinski definition) is 6. The third kappa shape index (κ3) is 5.82. The molecular formula is C30H35N5O3. The molecule has 198 valence electrons. The highest BCUT2D eigenvalue weighted by molar-refractivity contribution is 6.05. The fraction of sp³-hybridized carbons (Fsp3) is 0.333. The number of amides is 1. The molecule has 1 aromatic heterocycles. The topological polar surface area (TPSA) is 82.7 Å². The third-order valence-corrected chi connectivity index (χ3v) is 6.76. The Bertz CT molecular complexity index is 1340. The number of ether oxygens (including phenoxy) is 2. The Balaban J connectivity index is 0.00000144. The largest absolute Gasteiger partial charge is 0.378 e. The number of carbonyl (C=O) groups excluding carboxylic acids is 1. The maximum absolute atomic E-state index is 12.8. The van der Waals surface area contributed by atoms with Crippen LogP contribution in [0.2, 0.25) is 0 Å². The number of rotatable bonds is 5. The Morgan fingerprint density at radius 1 is 0.789 bits per heavy atom. The molecule has 6 rings (SSSR count). The van der Waals surface area contributed by atoms with Crippen molar-refractivity contribution in [1.29, 1.82) is 0 Å². The van der Waals surface area contributed by atoms with Gasteiger partial charge in [0.05, 0.1) is 37.5 Å². The highest BCUT2D eigenvalue weighted by atomic mass is 16.5. The zero-order chi connectivity index (χ0) is 26.3. The van der Waals surface area contributed by atoms with Gasteiger partial charge in [-0.05, 0) is 66.7 Å². The van der Waals surface area contributed by atoms with Gasteiger partial charge >= 0.3 is 0 Å². The molecule has 8 heteroatoms. The summed E-state index contributed by atoms with van der Waals surface area (Å²) in [5.74, 6) is 0.669. The number of nitrogens with zero attached hydrogens (tertiary/aromatic N) is 3. The van der Waals surface area contributed by atoms with E-state index < -0.39 is 0 Å². The Morgan fingerprint density at radius 3 is 1.92 bits per heavy atom. The number of anilines is 3. The van der Waals surface area contributed by atoms with Gasteiger partial charge in [0.1, 0.15) is 5.82 Å². The summed E-state index contributed by atoms with van der Waals surface area (Å²) < 4.78 is 10.9. The fourth-order valence-corrected chi connectivity index (χ4v) is 4.72. The van der Waals surface area contributed by atoms with Gasteiger partial charge in [-0.2, -0.15) is 0 Å². The summed E-state index contributed by atoms with van der Waals surface area (Å²) in [6, 6.07) is 21.9. The SMILES string of the molecule is CC.O=C(Nc1ccc2nc(-c3ccc(N4CCOCC4)cc3)[nH]c2c1)c1ccc(N2CCOCC2)cc1. The van der Waals surface area contributed by atoms with Crippen LogP contribution in [0.3, 0.4) is 0 Å². The van der Waals surface area contributed by atoms with Crippen molar-refractivity contribution in [3.8, 4) is 11.4 Å². The number of morpholine rings is 2. The molecular weight excluding hydrogens is 478 g/mol. The minimum absolute atomic E-state index is 0.138. The number of nitrogens with one attached hydrogen (secondary N) is 2. The monoisotopic (exact) mass is 513 g/mol. The lowest BCUT2D eigenvalue weighted by Crippen LogP contribution is -2.36. The number of carbonyl (C=O) groups is 1. The van der Waals surface area contributed by atoms with Gasteiger partial charge in [-0.1, -0.05) is 13.8 Å². The van der Waals surface area contributed by atoms with Crippen LogP contribution in [0.4, 0.5) is 17.1 Å². The van der Waals surface area contributed by atoms with Gasteiger partial charge in [-0.25, -0.2) is 4.98 Å². The molecule has 1 amide bonds. The van der Waals surface area contributed by atoms with Gasteiger partial charge in [0.15, 0.2) is 0 Å². The number of imidazole rings is 1. The van der Waals surface area contributed by atoms with Crippen molar-refractivity contribution in [3.63, 3.8) is 0 Å². The van der Waals surface area contributed by atoms with E-state index in [2.05, 4.69) is 44.4 Å². The number of aromatic amines is 1. The summed E-state index contributed by atoms with van der Waals surface area (Å²) >= 11 is 0. The van der Waals surface area contributed by atoms with Crippen molar-refractivity contribution in [2.75, 3.05) is 67.7 Å². The van der Waals surface area contributed by atoms with Crippen LogP contribution in [0.15, 0.2) is 66.7 Å². The summed E-state index contributed by atoms with van der Waals surface area (Å²) in [6.45, 7) is 10.6. The number of aromatic nitrogens is 2. The zero-order valence-electron chi connectivity index (χ0n) is 22.1. The van der Waals surface area contributed by atoms with Crippen molar-refractivity contribution in [2.24, 2.45) is 0 Å². The van der Waals surface area contributed by atoms with Crippen molar-refractivity contribution >= 4 is 34.0 Å². The highest BCUT2D eigenvalue weighted by Gasteiger charge is 2.14. The Morgan fingerprint density at radius 2 is 1.34 bits per heavy atom. The second-order valence-corrected chi connectivity index (χ2v) is 9.06. The van der Waals surface area contributed by atoms with Crippen LogP contribution < -0.4 is 15.1 Å². The van der Waals surface area contributed by atoms with Crippen LogP contribution in [-0.4, -0.2) is 68.5 Å². The number of H-pyrrole nitrogens is 1. The Labute approximate surface area is 223 Å². The molecule has 0 bridgehead atoms. The van der Waals surface area contributed by atoms with Gasteiger partial charge in [-0.3, -0.25) is 4.79 Å². The smallest absolute Gasteiger partial charge is 0.255 e. The van der Waals surface area contributed by atoms with Gasteiger partial charge in [-0.15, -0.1) is 0 Å². The fourth-order valence-electron chi connectivity index (χ4n) is 4.72. The van der Waals surface area contributed by atoms with Crippen LogP contribution in [0.5, 0.6) is 0 Å². The first-order valence-corrected chi connectivity index (χ1v) is 13.4.